The molecule has 1 amide bonds. The van der Waals surface area contributed by atoms with E-state index in [2.05, 4.69) is 48.6 Å². The molecule has 2 aromatic carbocycles. The number of hydrogen-bond acceptors (Lipinski definition) is 5. The highest BCUT2D eigenvalue weighted by Gasteiger charge is 2.21. The van der Waals surface area contributed by atoms with Crippen molar-refractivity contribution in [2.24, 2.45) is 0 Å². The van der Waals surface area contributed by atoms with E-state index in [1.165, 1.54) is 0 Å². The number of hydrogen-bond donors (Lipinski definition) is 3. The Hall–Kier alpha value is -3.91. The first-order chi connectivity index (χ1) is 15.7. The molecule has 1 fully saturated rings. The molecule has 3 heterocycles. The SMILES string of the molecule is CN1CCN(c2cc3[nH]nc(C=Cc4ccccc4)c3cc2NC(=O)c2ccn[nH]2)CC1. The summed E-state index contributed by atoms with van der Waals surface area (Å²) in [5.41, 5.74) is 5.03. The Kier molecular flexibility index (Phi) is 5.43. The number of carbonyl (C=O) groups excluding carboxylic acids is 1. The van der Waals surface area contributed by atoms with Crippen LogP contribution >= 0.6 is 0 Å². The van der Waals surface area contributed by atoms with Gasteiger partial charge in [0.05, 0.1) is 22.6 Å². The maximum absolute atomic E-state index is 12.8. The minimum absolute atomic E-state index is 0.220. The quantitative estimate of drug-likeness (QED) is 0.454. The predicted octanol–water partition coefficient (Wildman–Crippen LogP) is 3.46. The first kappa shape index (κ1) is 20.0. The summed E-state index contributed by atoms with van der Waals surface area (Å²) in [5, 5.41) is 18.3. The van der Waals surface area contributed by atoms with Crippen LogP contribution in [0.4, 0.5) is 11.4 Å². The highest BCUT2D eigenvalue weighted by molar-refractivity contribution is 6.07. The molecule has 0 radical (unpaired) electrons. The van der Waals surface area contributed by atoms with Gasteiger partial charge < -0.3 is 15.1 Å². The van der Waals surface area contributed by atoms with Crippen molar-refractivity contribution in [3.8, 4) is 0 Å². The molecule has 0 atom stereocenters. The number of amides is 1. The topological polar surface area (TPSA) is 92.9 Å². The Morgan fingerprint density at radius 3 is 2.59 bits per heavy atom. The Morgan fingerprint density at radius 1 is 1.03 bits per heavy atom. The fourth-order valence-electron chi connectivity index (χ4n) is 3.92. The van der Waals surface area contributed by atoms with Gasteiger partial charge in [-0.1, -0.05) is 36.4 Å². The van der Waals surface area contributed by atoms with Crippen LogP contribution in [0.25, 0.3) is 23.1 Å². The lowest BCUT2D eigenvalue weighted by Crippen LogP contribution is -2.44. The summed E-state index contributed by atoms with van der Waals surface area (Å²) in [6.45, 7) is 3.73. The second-order valence-corrected chi connectivity index (χ2v) is 7.98. The zero-order chi connectivity index (χ0) is 21.9. The molecule has 1 aliphatic rings. The summed E-state index contributed by atoms with van der Waals surface area (Å²) in [4.78, 5) is 17.4. The fraction of sp³-hybridized carbons (Fsp3) is 0.208. The molecule has 32 heavy (non-hydrogen) atoms. The monoisotopic (exact) mass is 427 g/mol. The third-order valence-electron chi connectivity index (χ3n) is 5.78. The minimum atomic E-state index is -0.220. The number of piperazine rings is 1. The molecular formula is C24H25N7O. The zero-order valence-electron chi connectivity index (χ0n) is 17.9. The smallest absolute Gasteiger partial charge is 0.273 e. The fourth-order valence-corrected chi connectivity index (χ4v) is 3.92. The number of anilines is 2. The zero-order valence-corrected chi connectivity index (χ0v) is 17.9. The van der Waals surface area contributed by atoms with Crippen LogP contribution in [0.15, 0.2) is 54.7 Å². The van der Waals surface area contributed by atoms with Crippen molar-refractivity contribution < 1.29 is 4.79 Å². The summed E-state index contributed by atoms with van der Waals surface area (Å²) in [6.07, 6.45) is 5.60. The van der Waals surface area contributed by atoms with Gasteiger partial charge in [0.2, 0.25) is 0 Å². The van der Waals surface area contributed by atoms with E-state index in [1.54, 1.807) is 12.3 Å². The first-order valence-electron chi connectivity index (χ1n) is 10.7. The number of carbonyl (C=O) groups is 1. The molecule has 2 aromatic heterocycles. The van der Waals surface area contributed by atoms with Crippen LogP contribution < -0.4 is 10.2 Å². The molecular weight excluding hydrogens is 402 g/mol. The first-order valence-corrected chi connectivity index (χ1v) is 10.7. The molecule has 4 aromatic rings. The molecule has 0 aliphatic carbocycles. The van der Waals surface area contributed by atoms with Gasteiger partial charge in [0.1, 0.15) is 5.69 Å². The number of benzene rings is 2. The van der Waals surface area contributed by atoms with Gasteiger partial charge in [-0.15, -0.1) is 0 Å². The Balaban J connectivity index is 1.52. The number of likely N-dealkylation sites (N-methyl/N-ethyl adjacent to an activating group) is 1. The second-order valence-electron chi connectivity index (χ2n) is 7.98. The van der Waals surface area contributed by atoms with Crippen molar-refractivity contribution in [2.75, 3.05) is 43.4 Å². The number of H-pyrrole nitrogens is 2. The van der Waals surface area contributed by atoms with Crippen LogP contribution in [-0.4, -0.2) is 64.4 Å². The molecule has 1 aliphatic heterocycles. The summed E-state index contributed by atoms with van der Waals surface area (Å²) >= 11 is 0. The van der Waals surface area contributed by atoms with Gasteiger partial charge in [0.25, 0.3) is 5.91 Å². The number of nitrogens with one attached hydrogen (secondary N) is 3. The lowest BCUT2D eigenvalue weighted by molar-refractivity contribution is 0.102. The minimum Gasteiger partial charge on any atom is -0.367 e. The largest absolute Gasteiger partial charge is 0.367 e. The second kappa shape index (κ2) is 8.68. The van der Waals surface area contributed by atoms with Crippen molar-refractivity contribution in [3.63, 3.8) is 0 Å². The van der Waals surface area contributed by atoms with E-state index in [0.29, 0.717) is 5.69 Å². The highest BCUT2D eigenvalue weighted by atomic mass is 16.1. The number of fused-ring (bicyclic) bond motifs is 1. The average molecular weight is 428 g/mol. The molecule has 1 saturated heterocycles. The average Bonchev–Trinajstić information content (AvgIpc) is 3.49. The third kappa shape index (κ3) is 4.13. The van der Waals surface area contributed by atoms with Crippen molar-refractivity contribution in [1.29, 1.82) is 0 Å². The Morgan fingerprint density at radius 2 is 1.84 bits per heavy atom. The van der Waals surface area contributed by atoms with Gasteiger partial charge in [0, 0.05) is 37.8 Å². The van der Waals surface area contributed by atoms with E-state index < -0.39 is 0 Å². The summed E-state index contributed by atoms with van der Waals surface area (Å²) in [6, 6.07) is 15.9. The highest BCUT2D eigenvalue weighted by Crippen LogP contribution is 2.33. The van der Waals surface area contributed by atoms with Crippen LogP contribution in [0.3, 0.4) is 0 Å². The number of rotatable bonds is 5. The molecule has 0 unspecified atom stereocenters. The van der Waals surface area contributed by atoms with E-state index in [-0.39, 0.29) is 5.91 Å². The van der Waals surface area contributed by atoms with Crippen LogP contribution in [0.1, 0.15) is 21.7 Å². The van der Waals surface area contributed by atoms with Gasteiger partial charge in [-0.2, -0.15) is 10.2 Å². The number of aromatic nitrogens is 4. The standard InChI is InChI=1S/C24H25N7O/c1-30-11-13-31(14-12-30)23-16-21-18(15-22(23)26-24(32)20-9-10-25-27-20)19(28-29-21)8-7-17-5-3-2-4-6-17/h2-10,15-16H,11-14H2,1H3,(H,25,27)(H,26,32)(H,28,29). The van der Waals surface area contributed by atoms with Crippen LogP contribution in [-0.2, 0) is 0 Å². The van der Waals surface area contributed by atoms with Crippen LogP contribution in [0.2, 0.25) is 0 Å². The van der Waals surface area contributed by atoms with Crippen molar-refractivity contribution >= 4 is 40.3 Å². The van der Waals surface area contributed by atoms with E-state index in [0.717, 1.165) is 59.7 Å². The molecule has 3 N–H and O–H groups in total. The third-order valence-corrected chi connectivity index (χ3v) is 5.78. The van der Waals surface area contributed by atoms with Crippen LogP contribution in [0, 0.1) is 0 Å². The molecule has 162 valence electrons. The molecule has 0 spiro atoms. The van der Waals surface area contributed by atoms with E-state index in [1.807, 2.05) is 48.6 Å². The van der Waals surface area contributed by atoms with Gasteiger partial charge in [-0.25, -0.2) is 0 Å². The van der Waals surface area contributed by atoms with E-state index in [4.69, 9.17) is 0 Å². The number of aromatic amines is 2. The molecule has 0 saturated carbocycles. The van der Waals surface area contributed by atoms with E-state index in [9.17, 15) is 4.79 Å². The number of nitrogens with zero attached hydrogens (tertiary/aromatic N) is 4. The maximum Gasteiger partial charge on any atom is 0.273 e. The normalized spacial score (nSPS) is 15.0. The molecule has 0 bridgehead atoms. The van der Waals surface area contributed by atoms with Gasteiger partial charge in [0.15, 0.2) is 0 Å². The maximum atomic E-state index is 12.8. The summed E-state index contributed by atoms with van der Waals surface area (Å²) in [5.74, 6) is -0.220. The van der Waals surface area contributed by atoms with Gasteiger partial charge in [-0.05, 0) is 36.9 Å². The van der Waals surface area contributed by atoms with E-state index >= 15 is 0 Å². The summed E-state index contributed by atoms with van der Waals surface area (Å²) < 4.78 is 0. The predicted molar refractivity (Wildman–Crippen MR) is 128 cm³/mol. The van der Waals surface area contributed by atoms with Gasteiger partial charge in [-0.3, -0.25) is 15.0 Å². The molecule has 8 nitrogen and oxygen atoms in total. The van der Waals surface area contributed by atoms with Crippen molar-refractivity contribution in [2.45, 2.75) is 0 Å². The van der Waals surface area contributed by atoms with Crippen molar-refractivity contribution in [3.05, 3.63) is 71.7 Å². The van der Waals surface area contributed by atoms with Crippen LogP contribution in [0.5, 0.6) is 0 Å². The Bertz CT molecular complexity index is 1240. The molecule has 8 heteroatoms. The lowest BCUT2D eigenvalue weighted by atomic mass is 10.1. The lowest BCUT2D eigenvalue weighted by Gasteiger charge is -2.35. The summed E-state index contributed by atoms with van der Waals surface area (Å²) in [7, 11) is 2.13. The van der Waals surface area contributed by atoms with Gasteiger partial charge >= 0.3 is 0 Å². The van der Waals surface area contributed by atoms with Crippen molar-refractivity contribution in [1.82, 2.24) is 25.3 Å². The molecule has 5 rings (SSSR count). The Labute approximate surface area is 185 Å².